The summed E-state index contributed by atoms with van der Waals surface area (Å²) < 4.78 is 13.2. The number of carbonyl (C=O) groups is 1. The van der Waals surface area contributed by atoms with Crippen LogP contribution in [0.3, 0.4) is 0 Å². The van der Waals surface area contributed by atoms with Crippen LogP contribution in [0.5, 0.6) is 0 Å². The van der Waals surface area contributed by atoms with Gasteiger partial charge in [0.2, 0.25) is 6.10 Å². The lowest BCUT2D eigenvalue weighted by Crippen LogP contribution is -2.65. The average Bonchev–Trinajstić information content (AvgIpc) is 3.47. The molecule has 4 fully saturated rings. The van der Waals surface area contributed by atoms with E-state index in [0.29, 0.717) is 24.2 Å². The van der Waals surface area contributed by atoms with Gasteiger partial charge in [-0.25, -0.2) is 0 Å². The number of oxime groups is 1. The molecule has 1 unspecified atom stereocenters. The highest BCUT2D eigenvalue weighted by molar-refractivity contribution is 6.48. The third kappa shape index (κ3) is 3.84. The van der Waals surface area contributed by atoms with Crippen LogP contribution in [0.2, 0.25) is 0 Å². The number of fused-ring (bicyclic) bond motifs is 1. The fraction of sp³-hybridized carbons (Fsp3) is 0.607. The van der Waals surface area contributed by atoms with E-state index >= 15 is 0 Å². The zero-order chi connectivity index (χ0) is 25.2. The van der Waals surface area contributed by atoms with Crippen molar-refractivity contribution in [3.63, 3.8) is 0 Å². The lowest BCUT2D eigenvalue weighted by molar-refractivity contribution is -0.199. The standard InChI is InChI=1S/C28H36BN3O4/c1-16(2)11-25(29-34-24-14-19-13-23(27(19,3)4)28(24,5)36-29)31-26(33)22-15-21(32-35-22)18-8-9-20-17(12-18)7-6-10-30-20/h6-10,12,16,19,22-25H,11,13-15H2,1-5H3,(H,31,33)/t19-,22?,23-,24+,25-,28-/m0/s1. The minimum Gasteiger partial charge on any atom is -0.404 e. The van der Waals surface area contributed by atoms with E-state index in [1.807, 2.05) is 30.3 Å². The van der Waals surface area contributed by atoms with Crippen molar-refractivity contribution in [2.24, 2.45) is 28.3 Å². The van der Waals surface area contributed by atoms with Crippen LogP contribution in [-0.2, 0) is 18.9 Å². The molecule has 3 aliphatic carbocycles. The fourth-order valence-electron chi connectivity index (χ4n) is 7.04. The van der Waals surface area contributed by atoms with E-state index in [9.17, 15) is 4.79 Å². The molecular formula is C28H36BN3O4. The number of hydrogen-bond donors (Lipinski definition) is 1. The van der Waals surface area contributed by atoms with Crippen LogP contribution < -0.4 is 5.32 Å². The molecule has 36 heavy (non-hydrogen) atoms. The molecule has 3 saturated carbocycles. The predicted molar refractivity (Wildman–Crippen MR) is 139 cm³/mol. The first-order chi connectivity index (χ1) is 17.1. The molecule has 1 N–H and O–H groups in total. The van der Waals surface area contributed by atoms with Crippen LogP contribution in [0.1, 0.15) is 65.9 Å². The number of benzene rings is 1. The van der Waals surface area contributed by atoms with Gasteiger partial charge in [0.25, 0.3) is 5.91 Å². The summed E-state index contributed by atoms with van der Waals surface area (Å²) in [5.74, 6) is 1.15. The molecule has 1 amide bonds. The maximum absolute atomic E-state index is 13.3. The Balaban J connectivity index is 1.13. The summed E-state index contributed by atoms with van der Waals surface area (Å²) in [7, 11) is -0.448. The molecule has 190 valence electrons. The van der Waals surface area contributed by atoms with Crippen molar-refractivity contribution in [1.82, 2.24) is 10.3 Å². The van der Waals surface area contributed by atoms with Crippen LogP contribution in [0, 0.1) is 23.2 Å². The van der Waals surface area contributed by atoms with E-state index in [1.54, 1.807) is 6.20 Å². The summed E-state index contributed by atoms with van der Waals surface area (Å²) in [5.41, 5.74) is 2.64. The largest absolute Gasteiger partial charge is 0.481 e. The molecule has 7 nitrogen and oxygen atoms in total. The molecule has 3 heterocycles. The van der Waals surface area contributed by atoms with Gasteiger partial charge >= 0.3 is 7.12 Å². The van der Waals surface area contributed by atoms with Crippen molar-refractivity contribution < 1.29 is 18.9 Å². The molecule has 7 rings (SSSR count). The maximum atomic E-state index is 13.3. The first-order valence-corrected chi connectivity index (χ1v) is 13.4. The molecule has 0 spiro atoms. The van der Waals surface area contributed by atoms with Gasteiger partial charge in [-0.2, -0.15) is 0 Å². The van der Waals surface area contributed by atoms with Crippen molar-refractivity contribution in [3.8, 4) is 0 Å². The number of pyridine rings is 1. The van der Waals surface area contributed by atoms with Gasteiger partial charge in [-0.15, -0.1) is 0 Å². The zero-order valence-corrected chi connectivity index (χ0v) is 21.9. The second-order valence-electron chi connectivity index (χ2n) is 12.3. The topological polar surface area (TPSA) is 82.0 Å². The lowest BCUT2D eigenvalue weighted by Gasteiger charge is -2.64. The van der Waals surface area contributed by atoms with Crippen molar-refractivity contribution in [3.05, 3.63) is 42.1 Å². The highest BCUT2D eigenvalue weighted by Crippen LogP contribution is 2.65. The van der Waals surface area contributed by atoms with Gasteiger partial charge in [0.15, 0.2) is 0 Å². The fourth-order valence-corrected chi connectivity index (χ4v) is 7.04. The van der Waals surface area contributed by atoms with E-state index < -0.39 is 13.2 Å². The number of nitrogens with one attached hydrogen (secondary N) is 1. The van der Waals surface area contributed by atoms with Crippen LogP contribution >= 0.6 is 0 Å². The predicted octanol–water partition coefficient (Wildman–Crippen LogP) is 4.53. The second kappa shape index (κ2) is 8.56. The molecule has 2 aliphatic heterocycles. The number of amides is 1. The number of rotatable bonds is 6. The summed E-state index contributed by atoms with van der Waals surface area (Å²) in [4.78, 5) is 23.3. The molecule has 2 bridgehead atoms. The first-order valence-electron chi connectivity index (χ1n) is 13.4. The van der Waals surface area contributed by atoms with Crippen LogP contribution in [0.4, 0.5) is 0 Å². The third-order valence-electron chi connectivity index (χ3n) is 9.25. The first kappa shape index (κ1) is 23.9. The van der Waals surface area contributed by atoms with Gasteiger partial charge in [0.1, 0.15) is 0 Å². The normalized spacial score (nSPS) is 33.1. The molecule has 0 radical (unpaired) electrons. The van der Waals surface area contributed by atoms with Crippen LogP contribution in [0.15, 0.2) is 41.7 Å². The van der Waals surface area contributed by atoms with Gasteiger partial charge in [0.05, 0.1) is 28.9 Å². The Labute approximate surface area is 213 Å². The number of aromatic nitrogens is 1. The molecule has 1 aromatic heterocycles. The van der Waals surface area contributed by atoms with E-state index in [-0.39, 0.29) is 29.0 Å². The number of hydrogen-bond acceptors (Lipinski definition) is 6. The average molecular weight is 489 g/mol. The van der Waals surface area contributed by atoms with E-state index in [0.717, 1.165) is 35.0 Å². The summed E-state index contributed by atoms with van der Waals surface area (Å²) in [5, 5.41) is 8.50. The van der Waals surface area contributed by atoms with Gasteiger partial charge < -0.3 is 19.5 Å². The van der Waals surface area contributed by atoms with E-state index in [1.165, 1.54) is 6.42 Å². The van der Waals surface area contributed by atoms with Gasteiger partial charge in [-0.05, 0) is 67.6 Å². The molecule has 1 saturated heterocycles. The summed E-state index contributed by atoms with van der Waals surface area (Å²) in [6.07, 6.45) is 4.65. The monoisotopic (exact) mass is 489 g/mol. The highest BCUT2D eigenvalue weighted by atomic mass is 16.7. The SMILES string of the molecule is CC(C)C[C@H](NC(=O)C1CC(c2ccc3ncccc3c2)=NO1)B1O[C@@H]2C[C@@H]3C[C@@H](C3(C)C)[C@]2(C)O1. The summed E-state index contributed by atoms with van der Waals surface area (Å²) >= 11 is 0. The van der Waals surface area contributed by atoms with Gasteiger partial charge in [-0.1, -0.05) is 45.0 Å². The zero-order valence-electron chi connectivity index (χ0n) is 21.9. The van der Waals surface area contributed by atoms with E-state index in [2.05, 4.69) is 50.1 Å². The van der Waals surface area contributed by atoms with Gasteiger partial charge in [0, 0.05) is 23.6 Å². The Morgan fingerprint density at radius 2 is 2.06 bits per heavy atom. The lowest BCUT2D eigenvalue weighted by atomic mass is 9.43. The number of carbonyl (C=O) groups excluding carboxylic acids is 1. The van der Waals surface area contributed by atoms with Crippen molar-refractivity contribution in [2.75, 3.05) is 0 Å². The van der Waals surface area contributed by atoms with Crippen molar-refractivity contribution in [1.29, 1.82) is 0 Å². The van der Waals surface area contributed by atoms with Crippen LogP contribution in [-0.4, -0.2) is 47.5 Å². The van der Waals surface area contributed by atoms with E-state index in [4.69, 9.17) is 14.1 Å². The quantitative estimate of drug-likeness (QED) is 0.604. The minimum atomic E-state index is -0.662. The number of nitrogens with zero attached hydrogens (tertiary/aromatic N) is 2. The Kier molecular flexibility index (Phi) is 5.69. The van der Waals surface area contributed by atoms with Crippen molar-refractivity contribution in [2.45, 2.75) is 84.1 Å². The Morgan fingerprint density at radius 3 is 2.83 bits per heavy atom. The minimum absolute atomic E-state index is 0.0888. The smallest absolute Gasteiger partial charge is 0.404 e. The molecular weight excluding hydrogens is 453 g/mol. The Bertz CT molecular complexity index is 1220. The summed E-state index contributed by atoms with van der Waals surface area (Å²) in [6.45, 7) is 11.2. The third-order valence-corrected chi connectivity index (χ3v) is 9.25. The van der Waals surface area contributed by atoms with Gasteiger partial charge in [-0.3, -0.25) is 9.78 Å². The molecule has 5 aliphatic rings. The van der Waals surface area contributed by atoms with Crippen LogP contribution in [0.25, 0.3) is 10.9 Å². The highest BCUT2D eigenvalue weighted by Gasteiger charge is 2.68. The van der Waals surface area contributed by atoms with Crippen molar-refractivity contribution >= 4 is 29.6 Å². The molecule has 2 aromatic rings. The Morgan fingerprint density at radius 1 is 1.22 bits per heavy atom. The second-order valence-corrected chi connectivity index (χ2v) is 12.3. The molecule has 6 atom stereocenters. The molecule has 1 aromatic carbocycles. The molecule has 8 heteroatoms. The Hall–Kier alpha value is -2.45. The summed E-state index contributed by atoms with van der Waals surface area (Å²) in [6, 6.07) is 9.93. The maximum Gasteiger partial charge on any atom is 0.481 e.